The van der Waals surface area contributed by atoms with E-state index in [1.807, 2.05) is 13.8 Å². The van der Waals surface area contributed by atoms with E-state index in [9.17, 15) is 0 Å². The first-order chi connectivity index (χ1) is 10.8. The standard InChI is InChI=1S/C20H16.C2H6/c1-14-7-8-17-12-18-10-9-16(13-20(18)19(17)11-14)15-5-3-2-4-6-15;1-2/h2-11,13H,12H2,1H3;1-2H3. The zero-order chi connectivity index (χ0) is 15.5. The second-order valence-electron chi connectivity index (χ2n) is 5.58. The summed E-state index contributed by atoms with van der Waals surface area (Å²) < 4.78 is 0. The third-order valence-electron chi connectivity index (χ3n) is 4.15. The summed E-state index contributed by atoms with van der Waals surface area (Å²) in [5.41, 5.74) is 9.65. The lowest BCUT2D eigenvalue weighted by Gasteiger charge is -2.06. The van der Waals surface area contributed by atoms with E-state index in [4.69, 9.17) is 0 Å². The molecule has 0 aromatic heterocycles. The van der Waals surface area contributed by atoms with Gasteiger partial charge in [0, 0.05) is 0 Å². The van der Waals surface area contributed by atoms with Crippen molar-refractivity contribution in [1.82, 2.24) is 0 Å². The van der Waals surface area contributed by atoms with Gasteiger partial charge in [0.2, 0.25) is 0 Å². The summed E-state index contributed by atoms with van der Waals surface area (Å²) >= 11 is 0. The van der Waals surface area contributed by atoms with Crippen LogP contribution in [0.1, 0.15) is 30.5 Å². The highest BCUT2D eigenvalue weighted by molar-refractivity contribution is 5.81. The largest absolute Gasteiger partial charge is 0.0683 e. The average Bonchev–Trinajstić information content (AvgIpc) is 2.94. The fourth-order valence-corrected chi connectivity index (χ4v) is 3.09. The van der Waals surface area contributed by atoms with Crippen LogP contribution in [-0.2, 0) is 6.42 Å². The Hall–Kier alpha value is -2.34. The van der Waals surface area contributed by atoms with Crippen molar-refractivity contribution in [2.75, 3.05) is 0 Å². The Balaban J connectivity index is 0.000000693. The van der Waals surface area contributed by atoms with Crippen LogP contribution in [0.5, 0.6) is 0 Å². The SMILES string of the molecule is CC.Cc1ccc2c(c1)-c1cc(-c3ccccc3)ccc1C2. The van der Waals surface area contributed by atoms with Crippen molar-refractivity contribution >= 4 is 0 Å². The van der Waals surface area contributed by atoms with Crippen LogP contribution < -0.4 is 0 Å². The molecule has 0 saturated heterocycles. The van der Waals surface area contributed by atoms with Crippen LogP contribution in [0, 0.1) is 6.92 Å². The molecule has 110 valence electrons. The Morgan fingerprint density at radius 1 is 0.636 bits per heavy atom. The summed E-state index contributed by atoms with van der Waals surface area (Å²) in [7, 11) is 0. The summed E-state index contributed by atoms with van der Waals surface area (Å²) in [5, 5.41) is 0. The molecule has 0 nitrogen and oxygen atoms in total. The van der Waals surface area contributed by atoms with Gasteiger partial charge in [-0.2, -0.15) is 0 Å². The van der Waals surface area contributed by atoms with Crippen molar-refractivity contribution in [2.24, 2.45) is 0 Å². The first-order valence-corrected chi connectivity index (χ1v) is 8.09. The van der Waals surface area contributed by atoms with Gasteiger partial charge < -0.3 is 0 Å². The number of aryl methyl sites for hydroxylation is 1. The van der Waals surface area contributed by atoms with E-state index >= 15 is 0 Å². The molecular formula is C22H22. The summed E-state index contributed by atoms with van der Waals surface area (Å²) in [6, 6.07) is 24.3. The molecule has 0 heterocycles. The molecule has 0 amide bonds. The van der Waals surface area contributed by atoms with Crippen LogP contribution in [-0.4, -0.2) is 0 Å². The Labute approximate surface area is 133 Å². The van der Waals surface area contributed by atoms with Crippen molar-refractivity contribution in [3.8, 4) is 22.3 Å². The molecule has 0 unspecified atom stereocenters. The lowest BCUT2D eigenvalue weighted by molar-refractivity contribution is 1.26. The van der Waals surface area contributed by atoms with Crippen molar-refractivity contribution in [1.29, 1.82) is 0 Å². The second-order valence-corrected chi connectivity index (χ2v) is 5.58. The smallest absolute Gasteiger partial charge is 0.00134 e. The van der Waals surface area contributed by atoms with E-state index in [2.05, 4.69) is 73.7 Å². The van der Waals surface area contributed by atoms with Crippen LogP contribution in [0.2, 0.25) is 0 Å². The maximum Gasteiger partial charge on any atom is -0.00134 e. The number of hydrogen-bond donors (Lipinski definition) is 0. The summed E-state index contributed by atoms with van der Waals surface area (Å²) in [5.74, 6) is 0. The summed E-state index contributed by atoms with van der Waals surface area (Å²) in [6.45, 7) is 6.17. The molecule has 1 aliphatic carbocycles. The minimum absolute atomic E-state index is 1.07. The Kier molecular flexibility index (Phi) is 4.11. The maximum absolute atomic E-state index is 2.34. The number of fused-ring (bicyclic) bond motifs is 3. The van der Waals surface area contributed by atoms with Crippen LogP contribution in [0.15, 0.2) is 66.7 Å². The van der Waals surface area contributed by atoms with Crippen molar-refractivity contribution in [2.45, 2.75) is 27.2 Å². The lowest BCUT2D eigenvalue weighted by Crippen LogP contribution is -1.82. The van der Waals surface area contributed by atoms with Crippen molar-refractivity contribution in [3.05, 3.63) is 83.4 Å². The molecule has 22 heavy (non-hydrogen) atoms. The average molecular weight is 286 g/mol. The third-order valence-corrected chi connectivity index (χ3v) is 4.15. The highest BCUT2D eigenvalue weighted by Crippen LogP contribution is 2.39. The van der Waals surface area contributed by atoms with E-state index in [1.165, 1.54) is 38.9 Å². The van der Waals surface area contributed by atoms with E-state index in [1.54, 1.807) is 0 Å². The molecule has 0 atom stereocenters. The van der Waals surface area contributed by atoms with Gasteiger partial charge in [-0.25, -0.2) is 0 Å². The van der Waals surface area contributed by atoms with Gasteiger partial charge >= 0.3 is 0 Å². The van der Waals surface area contributed by atoms with Gasteiger partial charge in [-0.3, -0.25) is 0 Å². The fraction of sp³-hybridized carbons (Fsp3) is 0.182. The van der Waals surface area contributed by atoms with Crippen LogP contribution in [0.25, 0.3) is 22.3 Å². The van der Waals surface area contributed by atoms with E-state index in [-0.39, 0.29) is 0 Å². The van der Waals surface area contributed by atoms with Gasteiger partial charge in [0.15, 0.2) is 0 Å². The van der Waals surface area contributed by atoms with Crippen molar-refractivity contribution in [3.63, 3.8) is 0 Å². The molecule has 3 aromatic rings. The zero-order valence-electron chi connectivity index (χ0n) is 13.6. The summed E-state index contributed by atoms with van der Waals surface area (Å²) in [4.78, 5) is 0. The zero-order valence-corrected chi connectivity index (χ0v) is 13.6. The first-order valence-electron chi connectivity index (χ1n) is 8.09. The first kappa shape index (κ1) is 14.6. The van der Waals surface area contributed by atoms with Crippen molar-refractivity contribution < 1.29 is 0 Å². The predicted molar refractivity (Wildman–Crippen MR) is 96.2 cm³/mol. The van der Waals surface area contributed by atoms with E-state index < -0.39 is 0 Å². The highest BCUT2D eigenvalue weighted by Gasteiger charge is 2.18. The van der Waals surface area contributed by atoms with Gasteiger partial charge in [0.25, 0.3) is 0 Å². The second kappa shape index (κ2) is 6.19. The van der Waals surface area contributed by atoms with Crippen LogP contribution >= 0.6 is 0 Å². The third kappa shape index (κ3) is 2.57. The molecule has 4 rings (SSSR count). The highest BCUT2D eigenvalue weighted by atomic mass is 14.2. The molecular weight excluding hydrogens is 264 g/mol. The number of rotatable bonds is 1. The maximum atomic E-state index is 2.34. The van der Waals surface area contributed by atoms with Gasteiger partial charge in [-0.15, -0.1) is 0 Å². The molecule has 0 aliphatic heterocycles. The van der Waals surface area contributed by atoms with Crippen LogP contribution in [0.3, 0.4) is 0 Å². The quantitative estimate of drug-likeness (QED) is 0.387. The molecule has 3 aromatic carbocycles. The fourth-order valence-electron chi connectivity index (χ4n) is 3.09. The van der Waals surface area contributed by atoms with Gasteiger partial charge in [0.1, 0.15) is 0 Å². The normalized spacial score (nSPS) is 11.2. The minimum Gasteiger partial charge on any atom is -0.0683 e. The van der Waals surface area contributed by atoms with E-state index in [0.717, 1.165) is 6.42 Å². The summed E-state index contributed by atoms with van der Waals surface area (Å²) in [6.07, 6.45) is 1.07. The van der Waals surface area contributed by atoms with Gasteiger partial charge in [-0.05, 0) is 52.8 Å². The Morgan fingerprint density at radius 3 is 2.00 bits per heavy atom. The topological polar surface area (TPSA) is 0 Å². The molecule has 0 radical (unpaired) electrons. The monoisotopic (exact) mass is 286 g/mol. The molecule has 0 N–H and O–H groups in total. The molecule has 1 aliphatic rings. The van der Waals surface area contributed by atoms with Crippen LogP contribution in [0.4, 0.5) is 0 Å². The Morgan fingerprint density at radius 2 is 1.27 bits per heavy atom. The lowest BCUT2D eigenvalue weighted by atomic mass is 9.98. The molecule has 0 saturated carbocycles. The van der Waals surface area contributed by atoms with Gasteiger partial charge in [0.05, 0.1) is 0 Å². The molecule has 0 fully saturated rings. The number of benzene rings is 3. The Bertz CT molecular complexity index is 782. The molecule has 0 bridgehead atoms. The minimum atomic E-state index is 1.07. The molecule has 0 spiro atoms. The van der Waals surface area contributed by atoms with E-state index in [0.29, 0.717) is 0 Å². The molecule has 0 heteroatoms. The van der Waals surface area contributed by atoms with Gasteiger partial charge in [-0.1, -0.05) is 80.1 Å². The predicted octanol–water partition coefficient (Wildman–Crippen LogP) is 6.26. The number of hydrogen-bond acceptors (Lipinski definition) is 0.